The van der Waals surface area contributed by atoms with Crippen molar-refractivity contribution in [2.75, 3.05) is 30.4 Å². The first kappa shape index (κ1) is 11.7. The van der Waals surface area contributed by atoms with E-state index in [0.29, 0.717) is 0 Å². The predicted molar refractivity (Wildman–Crippen MR) is 68.7 cm³/mol. The summed E-state index contributed by atoms with van der Waals surface area (Å²) in [5.74, 6) is 0. The van der Waals surface area contributed by atoms with Crippen molar-refractivity contribution in [2.24, 2.45) is 0 Å². The number of rotatable bonds is 3. The molecule has 0 spiro atoms. The van der Waals surface area contributed by atoms with Gasteiger partial charge in [-0.05, 0) is 25.3 Å². The number of nitrogens with one attached hydrogen (secondary N) is 1. The van der Waals surface area contributed by atoms with E-state index in [9.17, 15) is 10.1 Å². The smallest absolute Gasteiger partial charge is 0.271 e. The summed E-state index contributed by atoms with van der Waals surface area (Å²) in [5, 5.41) is 13.8. The van der Waals surface area contributed by atoms with Crippen molar-refractivity contribution < 1.29 is 4.92 Å². The lowest BCUT2D eigenvalue weighted by molar-refractivity contribution is -0.384. The molecule has 1 aliphatic heterocycles. The summed E-state index contributed by atoms with van der Waals surface area (Å²) in [6.45, 7) is 2.07. The average Bonchev–Trinajstić information content (AvgIpc) is 2.39. The van der Waals surface area contributed by atoms with Gasteiger partial charge in [-0.15, -0.1) is 0 Å². The van der Waals surface area contributed by atoms with Gasteiger partial charge in [-0.2, -0.15) is 0 Å². The number of hydrogen-bond acceptors (Lipinski definition) is 4. The van der Waals surface area contributed by atoms with Gasteiger partial charge in [0.25, 0.3) is 5.69 Å². The monoisotopic (exact) mass is 235 g/mol. The van der Waals surface area contributed by atoms with Crippen molar-refractivity contribution >= 4 is 17.1 Å². The Morgan fingerprint density at radius 1 is 1.29 bits per heavy atom. The highest BCUT2D eigenvalue weighted by Crippen LogP contribution is 2.31. The molecule has 1 N–H and O–H groups in total. The summed E-state index contributed by atoms with van der Waals surface area (Å²) >= 11 is 0. The van der Waals surface area contributed by atoms with Gasteiger partial charge in [0.15, 0.2) is 0 Å². The molecule has 5 heteroatoms. The molecule has 1 aromatic carbocycles. The van der Waals surface area contributed by atoms with Crippen molar-refractivity contribution in [2.45, 2.75) is 19.3 Å². The minimum Gasteiger partial charge on any atom is -0.386 e. The molecule has 1 heterocycles. The van der Waals surface area contributed by atoms with Crippen LogP contribution in [0.1, 0.15) is 19.3 Å². The van der Waals surface area contributed by atoms with Crippen LogP contribution in [-0.2, 0) is 0 Å². The minimum atomic E-state index is -0.360. The molecule has 0 amide bonds. The summed E-state index contributed by atoms with van der Waals surface area (Å²) in [7, 11) is 1.80. The SMILES string of the molecule is CNc1cc([N+](=O)[O-])ccc1N1CCCCC1. The quantitative estimate of drug-likeness (QED) is 0.646. The molecule has 1 aromatic rings. The third kappa shape index (κ3) is 2.49. The van der Waals surface area contributed by atoms with E-state index >= 15 is 0 Å². The summed E-state index contributed by atoms with van der Waals surface area (Å²) in [4.78, 5) is 12.7. The summed E-state index contributed by atoms with van der Waals surface area (Å²) in [6.07, 6.45) is 3.67. The number of nitrogens with zero attached hydrogens (tertiary/aromatic N) is 2. The Kier molecular flexibility index (Phi) is 3.46. The van der Waals surface area contributed by atoms with Crippen LogP contribution >= 0.6 is 0 Å². The second-order valence-electron chi connectivity index (χ2n) is 4.26. The fourth-order valence-electron chi connectivity index (χ4n) is 2.25. The Hall–Kier alpha value is -1.78. The largest absolute Gasteiger partial charge is 0.386 e. The molecule has 17 heavy (non-hydrogen) atoms. The predicted octanol–water partition coefficient (Wildman–Crippen LogP) is 2.63. The van der Waals surface area contributed by atoms with Crippen LogP contribution in [-0.4, -0.2) is 25.1 Å². The molecule has 92 valence electrons. The summed E-state index contributed by atoms with van der Waals surface area (Å²) < 4.78 is 0. The Labute approximate surface area is 101 Å². The van der Waals surface area contributed by atoms with Gasteiger partial charge in [0.1, 0.15) is 0 Å². The maximum absolute atomic E-state index is 10.7. The third-order valence-corrected chi connectivity index (χ3v) is 3.16. The van der Waals surface area contributed by atoms with Crippen LogP contribution in [0.15, 0.2) is 18.2 Å². The first-order valence-corrected chi connectivity index (χ1v) is 5.93. The van der Waals surface area contributed by atoms with Crippen LogP contribution in [0.5, 0.6) is 0 Å². The van der Waals surface area contributed by atoms with Crippen LogP contribution in [0.2, 0.25) is 0 Å². The number of benzene rings is 1. The fourth-order valence-corrected chi connectivity index (χ4v) is 2.25. The lowest BCUT2D eigenvalue weighted by atomic mass is 10.1. The average molecular weight is 235 g/mol. The van der Waals surface area contributed by atoms with E-state index in [0.717, 1.165) is 24.5 Å². The number of hydrogen-bond donors (Lipinski definition) is 1. The van der Waals surface area contributed by atoms with Gasteiger partial charge in [0.05, 0.1) is 16.3 Å². The molecule has 0 aromatic heterocycles. The van der Waals surface area contributed by atoms with Crippen molar-refractivity contribution in [3.05, 3.63) is 28.3 Å². The molecule has 0 unspecified atom stereocenters. The van der Waals surface area contributed by atoms with Crippen molar-refractivity contribution in [3.63, 3.8) is 0 Å². The molecule has 5 nitrogen and oxygen atoms in total. The lowest BCUT2D eigenvalue weighted by Gasteiger charge is -2.30. The first-order chi connectivity index (χ1) is 8.22. The number of nitro benzene ring substituents is 1. The van der Waals surface area contributed by atoms with E-state index in [4.69, 9.17) is 0 Å². The van der Waals surface area contributed by atoms with E-state index in [2.05, 4.69) is 10.2 Å². The van der Waals surface area contributed by atoms with Gasteiger partial charge >= 0.3 is 0 Å². The minimum absolute atomic E-state index is 0.134. The molecule has 0 radical (unpaired) electrons. The summed E-state index contributed by atoms with van der Waals surface area (Å²) in [5.41, 5.74) is 2.04. The van der Waals surface area contributed by atoms with Gasteiger partial charge in [-0.1, -0.05) is 0 Å². The van der Waals surface area contributed by atoms with Crippen molar-refractivity contribution in [1.29, 1.82) is 0 Å². The molecular weight excluding hydrogens is 218 g/mol. The standard InChI is InChI=1S/C12H17N3O2/c1-13-11-9-10(15(16)17)5-6-12(11)14-7-3-2-4-8-14/h5-6,9,13H,2-4,7-8H2,1H3. The van der Waals surface area contributed by atoms with Gasteiger partial charge in [-0.3, -0.25) is 10.1 Å². The summed E-state index contributed by atoms with van der Waals surface area (Å²) in [6, 6.07) is 5.02. The second kappa shape index (κ2) is 5.03. The maximum atomic E-state index is 10.7. The maximum Gasteiger partial charge on any atom is 0.271 e. The third-order valence-electron chi connectivity index (χ3n) is 3.16. The molecule has 0 bridgehead atoms. The van der Waals surface area contributed by atoms with Gasteiger partial charge in [0, 0.05) is 32.3 Å². The fraction of sp³-hybridized carbons (Fsp3) is 0.500. The molecule has 1 saturated heterocycles. The molecule has 1 fully saturated rings. The van der Waals surface area contributed by atoms with Crippen LogP contribution in [0.3, 0.4) is 0 Å². The highest BCUT2D eigenvalue weighted by atomic mass is 16.6. The van der Waals surface area contributed by atoms with Crippen LogP contribution < -0.4 is 10.2 Å². The van der Waals surface area contributed by atoms with Crippen LogP contribution in [0, 0.1) is 10.1 Å². The molecule has 2 rings (SSSR count). The van der Waals surface area contributed by atoms with Crippen LogP contribution in [0.25, 0.3) is 0 Å². The zero-order valence-corrected chi connectivity index (χ0v) is 9.98. The van der Waals surface area contributed by atoms with E-state index in [1.54, 1.807) is 19.2 Å². The van der Waals surface area contributed by atoms with Crippen LogP contribution in [0.4, 0.5) is 17.1 Å². The van der Waals surface area contributed by atoms with Crippen molar-refractivity contribution in [3.8, 4) is 0 Å². The van der Waals surface area contributed by atoms with E-state index < -0.39 is 0 Å². The molecule has 0 saturated carbocycles. The number of nitro groups is 1. The zero-order chi connectivity index (χ0) is 12.3. The van der Waals surface area contributed by atoms with Crippen molar-refractivity contribution in [1.82, 2.24) is 0 Å². The van der Waals surface area contributed by atoms with Gasteiger partial charge < -0.3 is 10.2 Å². The number of piperidine rings is 1. The van der Waals surface area contributed by atoms with Gasteiger partial charge in [-0.25, -0.2) is 0 Å². The normalized spacial score (nSPS) is 15.7. The number of non-ortho nitro benzene ring substituents is 1. The Morgan fingerprint density at radius 2 is 2.00 bits per heavy atom. The molecule has 1 aliphatic rings. The first-order valence-electron chi connectivity index (χ1n) is 5.93. The highest BCUT2D eigenvalue weighted by molar-refractivity contribution is 5.73. The topological polar surface area (TPSA) is 58.4 Å². The van der Waals surface area contributed by atoms with E-state index in [1.807, 2.05) is 6.07 Å². The van der Waals surface area contributed by atoms with Gasteiger partial charge in [0.2, 0.25) is 0 Å². The van der Waals surface area contributed by atoms with E-state index in [1.165, 1.54) is 19.3 Å². The number of anilines is 2. The Bertz CT molecular complexity index is 414. The zero-order valence-electron chi connectivity index (χ0n) is 9.98. The Morgan fingerprint density at radius 3 is 2.59 bits per heavy atom. The Balaban J connectivity index is 2.29. The second-order valence-corrected chi connectivity index (χ2v) is 4.26. The lowest BCUT2D eigenvalue weighted by Crippen LogP contribution is -2.29. The molecule has 0 aliphatic carbocycles. The van der Waals surface area contributed by atoms with E-state index in [-0.39, 0.29) is 10.6 Å². The molecular formula is C12H17N3O2. The molecule has 0 atom stereocenters. The highest BCUT2D eigenvalue weighted by Gasteiger charge is 2.16.